The summed E-state index contributed by atoms with van der Waals surface area (Å²) in [6, 6.07) is 10.8. The van der Waals surface area contributed by atoms with Crippen LogP contribution in [0.15, 0.2) is 42.6 Å². The van der Waals surface area contributed by atoms with Crippen LogP contribution >= 0.6 is 12.2 Å². The molecule has 0 spiro atoms. The van der Waals surface area contributed by atoms with E-state index in [9.17, 15) is 4.79 Å². The van der Waals surface area contributed by atoms with Crippen LogP contribution in [0.4, 0.5) is 5.69 Å². The number of aliphatic hydroxyl groups excluding tert-OH is 1. The van der Waals surface area contributed by atoms with Crippen LogP contribution in [0.25, 0.3) is 0 Å². The average Bonchev–Trinajstić information content (AvgIpc) is 2.42. The van der Waals surface area contributed by atoms with Gasteiger partial charge in [0.2, 0.25) is 0 Å². The van der Waals surface area contributed by atoms with Crippen molar-refractivity contribution in [3.8, 4) is 0 Å². The second-order valence-corrected chi connectivity index (χ2v) is 4.45. The number of aromatic nitrogens is 1. The number of nitrogens with one attached hydrogen (secondary N) is 2. The maximum atomic E-state index is 12.0. The van der Waals surface area contributed by atoms with E-state index >= 15 is 0 Å². The number of hydrogen-bond acceptors (Lipinski definition) is 3. The van der Waals surface area contributed by atoms with E-state index in [0.29, 0.717) is 22.3 Å². The molecule has 1 aromatic carbocycles. The summed E-state index contributed by atoms with van der Waals surface area (Å²) in [4.78, 5) is 14.8. The van der Waals surface area contributed by atoms with Gasteiger partial charge in [-0.15, -0.1) is 0 Å². The van der Waals surface area contributed by atoms with Crippen molar-refractivity contribution < 1.29 is 9.90 Å². The quantitative estimate of drug-likeness (QED) is 0.751. The first-order valence-corrected chi connectivity index (χ1v) is 6.30. The molecule has 0 fully saturated rings. The Morgan fingerprint density at radius 1 is 1.26 bits per heavy atom. The Bertz CT molecular complexity index is 620. The molecule has 0 saturated heterocycles. The number of rotatable bonds is 4. The first-order chi connectivity index (χ1) is 9.20. The number of carbonyl (C=O) groups is 1. The number of aliphatic hydroxyl groups is 1. The van der Waals surface area contributed by atoms with Crippen molar-refractivity contribution in [2.45, 2.75) is 6.42 Å². The van der Waals surface area contributed by atoms with Gasteiger partial charge in [-0.3, -0.25) is 4.79 Å². The molecule has 0 saturated carbocycles. The van der Waals surface area contributed by atoms with Gasteiger partial charge in [-0.2, -0.15) is 0 Å². The second-order valence-electron chi connectivity index (χ2n) is 4.04. The monoisotopic (exact) mass is 274 g/mol. The molecule has 0 aliphatic carbocycles. The van der Waals surface area contributed by atoms with Gasteiger partial charge in [0, 0.05) is 18.5 Å². The molecule has 4 nitrogen and oxygen atoms in total. The highest BCUT2D eigenvalue weighted by molar-refractivity contribution is 7.71. The summed E-state index contributed by atoms with van der Waals surface area (Å²) in [6.07, 6.45) is 2.29. The third-order valence-corrected chi connectivity index (χ3v) is 3.01. The lowest BCUT2D eigenvalue weighted by Crippen LogP contribution is -2.12. The summed E-state index contributed by atoms with van der Waals surface area (Å²) in [5, 5.41) is 11.6. The predicted octanol–water partition coefficient (Wildman–Crippen LogP) is 2.53. The number of benzene rings is 1. The largest absolute Gasteiger partial charge is 0.396 e. The molecular formula is C14H14N2O2S. The molecule has 0 atom stereocenters. The first kappa shape index (κ1) is 13.5. The van der Waals surface area contributed by atoms with Gasteiger partial charge in [0.1, 0.15) is 4.64 Å². The number of pyridine rings is 1. The average molecular weight is 274 g/mol. The van der Waals surface area contributed by atoms with Gasteiger partial charge < -0.3 is 15.4 Å². The van der Waals surface area contributed by atoms with Gasteiger partial charge >= 0.3 is 0 Å². The van der Waals surface area contributed by atoms with Crippen molar-refractivity contribution in [1.82, 2.24) is 4.98 Å². The van der Waals surface area contributed by atoms with E-state index in [1.807, 2.05) is 12.1 Å². The lowest BCUT2D eigenvalue weighted by molar-refractivity contribution is 0.102. The van der Waals surface area contributed by atoms with Gasteiger partial charge in [-0.1, -0.05) is 24.4 Å². The van der Waals surface area contributed by atoms with Crippen LogP contribution in [0.2, 0.25) is 0 Å². The van der Waals surface area contributed by atoms with E-state index in [4.69, 9.17) is 17.3 Å². The van der Waals surface area contributed by atoms with E-state index in [1.54, 1.807) is 30.5 Å². The highest BCUT2D eigenvalue weighted by Gasteiger charge is 2.07. The van der Waals surface area contributed by atoms with Crippen LogP contribution in [-0.4, -0.2) is 22.6 Å². The number of amides is 1. The maximum Gasteiger partial charge on any atom is 0.258 e. The normalized spacial score (nSPS) is 10.2. The number of anilines is 1. The standard InChI is InChI=1S/C14H14N2O2S/c17-9-7-10-3-5-11(6-4-10)16-13(18)12-2-1-8-15-14(12)19/h1-6,8,17H,7,9H2,(H,15,19)(H,16,18). The minimum atomic E-state index is -0.239. The molecular weight excluding hydrogens is 260 g/mol. The summed E-state index contributed by atoms with van der Waals surface area (Å²) in [5.41, 5.74) is 2.17. The second kappa shape index (κ2) is 6.26. The summed E-state index contributed by atoms with van der Waals surface area (Å²) in [5.74, 6) is -0.239. The molecule has 1 aromatic heterocycles. The molecule has 19 heavy (non-hydrogen) atoms. The molecule has 0 unspecified atom stereocenters. The fourth-order valence-electron chi connectivity index (χ4n) is 1.68. The topological polar surface area (TPSA) is 65.1 Å². The van der Waals surface area contributed by atoms with Crippen LogP contribution < -0.4 is 5.32 Å². The summed E-state index contributed by atoms with van der Waals surface area (Å²) in [6.45, 7) is 0.116. The highest BCUT2D eigenvalue weighted by atomic mass is 32.1. The van der Waals surface area contributed by atoms with Crippen LogP contribution in [0, 0.1) is 4.64 Å². The van der Waals surface area contributed by atoms with Crippen LogP contribution in [-0.2, 0) is 6.42 Å². The van der Waals surface area contributed by atoms with Crippen molar-refractivity contribution in [1.29, 1.82) is 0 Å². The summed E-state index contributed by atoms with van der Waals surface area (Å²) >= 11 is 5.06. The van der Waals surface area contributed by atoms with Gasteiger partial charge in [-0.05, 0) is 36.2 Å². The maximum absolute atomic E-state index is 12.0. The van der Waals surface area contributed by atoms with Crippen molar-refractivity contribution in [2.75, 3.05) is 11.9 Å². The fourth-order valence-corrected chi connectivity index (χ4v) is 1.91. The van der Waals surface area contributed by atoms with Crippen LogP contribution in [0.1, 0.15) is 15.9 Å². The number of carbonyl (C=O) groups excluding carboxylic acids is 1. The first-order valence-electron chi connectivity index (χ1n) is 5.89. The Kier molecular flexibility index (Phi) is 4.43. The van der Waals surface area contributed by atoms with E-state index < -0.39 is 0 Å². The van der Waals surface area contributed by atoms with Gasteiger partial charge in [0.25, 0.3) is 5.91 Å². The van der Waals surface area contributed by atoms with Crippen LogP contribution in [0.5, 0.6) is 0 Å². The predicted molar refractivity (Wildman–Crippen MR) is 76.8 cm³/mol. The Morgan fingerprint density at radius 2 is 2.00 bits per heavy atom. The van der Waals surface area contributed by atoms with Gasteiger partial charge in [-0.25, -0.2) is 0 Å². The summed E-state index contributed by atoms with van der Waals surface area (Å²) in [7, 11) is 0. The minimum absolute atomic E-state index is 0.116. The van der Waals surface area contributed by atoms with Gasteiger partial charge in [0.15, 0.2) is 0 Å². The van der Waals surface area contributed by atoms with Crippen molar-refractivity contribution >= 4 is 23.8 Å². The van der Waals surface area contributed by atoms with E-state index in [-0.39, 0.29) is 12.5 Å². The fraction of sp³-hybridized carbons (Fsp3) is 0.143. The van der Waals surface area contributed by atoms with E-state index in [2.05, 4.69) is 10.3 Å². The smallest absolute Gasteiger partial charge is 0.258 e. The molecule has 2 aromatic rings. The zero-order valence-corrected chi connectivity index (χ0v) is 11.0. The van der Waals surface area contributed by atoms with Crippen molar-refractivity contribution in [3.63, 3.8) is 0 Å². The molecule has 0 aliphatic rings. The zero-order chi connectivity index (χ0) is 13.7. The molecule has 0 radical (unpaired) electrons. The Hall–Kier alpha value is -1.98. The third-order valence-electron chi connectivity index (χ3n) is 2.68. The number of hydrogen-bond donors (Lipinski definition) is 3. The molecule has 0 bridgehead atoms. The van der Waals surface area contributed by atoms with E-state index in [0.717, 1.165) is 5.56 Å². The molecule has 3 N–H and O–H groups in total. The molecule has 1 heterocycles. The Morgan fingerprint density at radius 3 is 2.63 bits per heavy atom. The van der Waals surface area contributed by atoms with Gasteiger partial charge in [0.05, 0.1) is 5.56 Å². The minimum Gasteiger partial charge on any atom is -0.396 e. The number of H-pyrrole nitrogens is 1. The lowest BCUT2D eigenvalue weighted by atomic mass is 10.1. The third kappa shape index (κ3) is 3.49. The van der Waals surface area contributed by atoms with Crippen molar-refractivity contribution in [2.24, 2.45) is 0 Å². The molecule has 5 heteroatoms. The molecule has 2 rings (SSSR count). The Balaban J connectivity index is 2.11. The Labute approximate surface area is 116 Å². The zero-order valence-electron chi connectivity index (χ0n) is 10.2. The van der Waals surface area contributed by atoms with Crippen molar-refractivity contribution in [3.05, 3.63) is 58.4 Å². The molecule has 0 aliphatic heterocycles. The van der Waals surface area contributed by atoms with E-state index in [1.165, 1.54) is 0 Å². The SMILES string of the molecule is O=C(Nc1ccc(CCO)cc1)c1ccc[nH]c1=S. The number of aromatic amines is 1. The summed E-state index contributed by atoms with van der Waals surface area (Å²) < 4.78 is 0.414. The molecule has 98 valence electrons. The highest BCUT2D eigenvalue weighted by Crippen LogP contribution is 2.12. The lowest BCUT2D eigenvalue weighted by Gasteiger charge is -2.06. The molecule has 1 amide bonds. The van der Waals surface area contributed by atoms with Crippen LogP contribution in [0.3, 0.4) is 0 Å².